The highest BCUT2D eigenvalue weighted by molar-refractivity contribution is 6.34. The predicted molar refractivity (Wildman–Crippen MR) is 115 cm³/mol. The number of benzene rings is 2. The van der Waals surface area contributed by atoms with Crippen molar-refractivity contribution < 1.29 is 4.79 Å². The van der Waals surface area contributed by atoms with Crippen LogP contribution in [0.4, 0.5) is 0 Å². The third-order valence-electron chi connectivity index (χ3n) is 4.28. The van der Waals surface area contributed by atoms with Crippen LogP contribution in [-0.4, -0.2) is 11.7 Å². The molecule has 0 heterocycles. The summed E-state index contributed by atoms with van der Waals surface area (Å²) in [5, 5.41) is 3.36. The molecule has 2 aromatic rings. The SMILES string of the molecule is C=C(/N=C(\NC(C)=O)c1cc(CCCCC)ccc1Cl)c1ccc(C)cc1. The summed E-state index contributed by atoms with van der Waals surface area (Å²) < 4.78 is 0. The van der Waals surface area contributed by atoms with Gasteiger partial charge in [0.05, 0.1) is 10.7 Å². The van der Waals surface area contributed by atoms with Crippen LogP contribution in [0, 0.1) is 6.92 Å². The molecule has 0 radical (unpaired) electrons. The van der Waals surface area contributed by atoms with Crippen LogP contribution in [0.25, 0.3) is 5.70 Å². The van der Waals surface area contributed by atoms with E-state index in [0.29, 0.717) is 22.1 Å². The molecule has 0 bridgehead atoms. The van der Waals surface area contributed by atoms with E-state index in [1.54, 1.807) is 0 Å². The minimum Gasteiger partial charge on any atom is -0.310 e. The highest BCUT2D eigenvalue weighted by atomic mass is 35.5. The lowest BCUT2D eigenvalue weighted by Crippen LogP contribution is -2.29. The molecule has 3 nitrogen and oxygen atoms in total. The Bertz CT molecular complexity index is 838. The standard InChI is InChI=1S/C23H27ClN2O/c1-5-6-7-8-19-11-14-22(24)21(15-19)23(26-18(4)27)25-17(3)20-12-9-16(2)10-13-20/h9-15H,3,5-8H2,1-2,4H3,(H,25,26,27). The number of nitrogens with one attached hydrogen (secondary N) is 1. The Balaban J connectivity index is 2.37. The summed E-state index contributed by atoms with van der Waals surface area (Å²) in [6.45, 7) is 9.74. The Hall–Kier alpha value is -2.39. The molecule has 0 atom stereocenters. The maximum Gasteiger partial charge on any atom is 0.222 e. The van der Waals surface area contributed by atoms with Gasteiger partial charge in [0.2, 0.25) is 5.91 Å². The Labute approximate surface area is 167 Å². The second-order valence-electron chi connectivity index (χ2n) is 6.73. The Kier molecular flexibility index (Phi) is 7.81. The zero-order valence-corrected chi connectivity index (χ0v) is 17.1. The van der Waals surface area contributed by atoms with Crippen molar-refractivity contribution in [1.82, 2.24) is 5.32 Å². The predicted octanol–water partition coefficient (Wildman–Crippen LogP) is 5.93. The van der Waals surface area contributed by atoms with Gasteiger partial charge in [0.1, 0.15) is 5.84 Å². The van der Waals surface area contributed by atoms with E-state index >= 15 is 0 Å². The summed E-state index contributed by atoms with van der Waals surface area (Å²) in [5.74, 6) is 0.230. The first-order chi connectivity index (χ1) is 12.9. The average Bonchev–Trinajstić information content (AvgIpc) is 2.63. The van der Waals surface area contributed by atoms with Crippen LogP contribution in [0.5, 0.6) is 0 Å². The van der Waals surface area contributed by atoms with Gasteiger partial charge in [-0.25, -0.2) is 4.99 Å². The molecule has 27 heavy (non-hydrogen) atoms. The van der Waals surface area contributed by atoms with E-state index in [4.69, 9.17) is 11.6 Å². The number of amides is 1. The lowest BCUT2D eigenvalue weighted by Gasteiger charge is -2.12. The van der Waals surface area contributed by atoms with Gasteiger partial charge in [0.15, 0.2) is 0 Å². The van der Waals surface area contributed by atoms with Gasteiger partial charge in [0.25, 0.3) is 0 Å². The van der Waals surface area contributed by atoms with Gasteiger partial charge in [-0.05, 0) is 43.0 Å². The number of aliphatic imine (C=N–C) groups is 1. The highest BCUT2D eigenvalue weighted by Gasteiger charge is 2.12. The van der Waals surface area contributed by atoms with E-state index in [-0.39, 0.29) is 5.91 Å². The van der Waals surface area contributed by atoms with Crippen molar-refractivity contribution in [2.24, 2.45) is 4.99 Å². The van der Waals surface area contributed by atoms with Gasteiger partial charge in [-0.1, -0.05) is 73.8 Å². The molecule has 142 valence electrons. The van der Waals surface area contributed by atoms with Gasteiger partial charge in [-0.2, -0.15) is 0 Å². The second-order valence-corrected chi connectivity index (χ2v) is 7.13. The molecule has 0 aromatic heterocycles. The van der Waals surface area contributed by atoms with Gasteiger partial charge in [-0.15, -0.1) is 0 Å². The third-order valence-corrected chi connectivity index (χ3v) is 4.61. The first kappa shape index (κ1) is 20.9. The summed E-state index contributed by atoms with van der Waals surface area (Å²) in [6, 6.07) is 13.9. The molecular weight excluding hydrogens is 356 g/mol. The summed E-state index contributed by atoms with van der Waals surface area (Å²) in [7, 11) is 0. The van der Waals surface area contributed by atoms with Crippen LogP contribution < -0.4 is 5.32 Å². The topological polar surface area (TPSA) is 41.5 Å². The van der Waals surface area contributed by atoms with E-state index in [1.165, 1.54) is 30.9 Å². The third kappa shape index (κ3) is 6.37. The van der Waals surface area contributed by atoms with Crippen molar-refractivity contribution >= 4 is 29.0 Å². The van der Waals surface area contributed by atoms with Crippen molar-refractivity contribution in [2.45, 2.75) is 46.5 Å². The normalized spacial score (nSPS) is 11.3. The van der Waals surface area contributed by atoms with Crippen LogP contribution in [0.15, 0.2) is 54.0 Å². The zero-order chi connectivity index (χ0) is 19.8. The van der Waals surface area contributed by atoms with Crippen LogP contribution >= 0.6 is 11.6 Å². The lowest BCUT2D eigenvalue weighted by atomic mass is 10.0. The van der Waals surface area contributed by atoms with Crippen LogP contribution in [0.2, 0.25) is 5.02 Å². The van der Waals surface area contributed by atoms with Crippen LogP contribution in [-0.2, 0) is 11.2 Å². The van der Waals surface area contributed by atoms with E-state index < -0.39 is 0 Å². The van der Waals surface area contributed by atoms with Gasteiger partial charge >= 0.3 is 0 Å². The molecule has 0 aliphatic rings. The largest absolute Gasteiger partial charge is 0.310 e. The summed E-state index contributed by atoms with van der Waals surface area (Å²) in [6.07, 6.45) is 4.47. The smallest absolute Gasteiger partial charge is 0.222 e. The minimum absolute atomic E-state index is 0.196. The van der Waals surface area contributed by atoms with Crippen molar-refractivity contribution in [1.29, 1.82) is 0 Å². The van der Waals surface area contributed by atoms with Crippen molar-refractivity contribution in [3.8, 4) is 0 Å². The van der Waals surface area contributed by atoms with Crippen molar-refractivity contribution in [3.05, 3.63) is 76.3 Å². The number of halogens is 1. The van der Waals surface area contributed by atoms with E-state index in [1.807, 2.05) is 49.4 Å². The number of carbonyl (C=O) groups excluding carboxylic acids is 1. The fourth-order valence-corrected chi connectivity index (χ4v) is 2.96. The number of amidine groups is 1. The van der Waals surface area contributed by atoms with Crippen molar-refractivity contribution in [3.63, 3.8) is 0 Å². The lowest BCUT2D eigenvalue weighted by molar-refractivity contribution is -0.117. The molecule has 0 spiro atoms. The molecule has 0 aliphatic carbocycles. The summed E-state index contributed by atoms with van der Waals surface area (Å²) >= 11 is 6.42. The van der Waals surface area contributed by atoms with Crippen molar-refractivity contribution in [2.75, 3.05) is 0 Å². The fraction of sp³-hybridized carbons (Fsp3) is 0.304. The van der Waals surface area contributed by atoms with E-state index in [9.17, 15) is 4.79 Å². The average molecular weight is 383 g/mol. The van der Waals surface area contributed by atoms with Crippen LogP contribution in [0.1, 0.15) is 55.4 Å². The number of hydrogen-bond acceptors (Lipinski definition) is 2. The monoisotopic (exact) mass is 382 g/mol. The maximum absolute atomic E-state index is 11.7. The fourth-order valence-electron chi connectivity index (χ4n) is 2.76. The first-order valence-electron chi connectivity index (χ1n) is 9.31. The molecule has 1 N–H and O–H groups in total. The summed E-state index contributed by atoms with van der Waals surface area (Å²) in [4.78, 5) is 16.3. The Morgan fingerprint density at radius 1 is 1.15 bits per heavy atom. The number of hydrogen-bond donors (Lipinski definition) is 1. The van der Waals surface area contributed by atoms with Crippen LogP contribution in [0.3, 0.4) is 0 Å². The molecule has 2 rings (SSSR count). The second kappa shape index (κ2) is 10.1. The minimum atomic E-state index is -0.196. The van der Waals surface area contributed by atoms with E-state index in [0.717, 1.165) is 18.4 Å². The molecule has 4 heteroatoms. The van der Waals surface area contributed by atoms with Gasteiger partial charge in [0, 0.05) is 12.5 Å². The number of unbranched alkanes of at least 4 members (excludes halogenated alkanes) is 2. The molecule has 0 unspecified atom stereocenters. The van der Waals surface area contributed by atoms with Gasteiger partial charge < -0.3 is 5.32 Å². The van der Waals surface area contributed by atoms with Gasteiger partial charge in [-0.3, -0.25) is 4.79 Å². The Morgan fingerprint density at radius 3 is 2.48 bits per heavy atom. The first-order valence-corrected chi connectivity index (χ1v) is 9.69. The summed E-state index contributed by atoms with van der Waals surface area (Å²) in [5.41, 5.74) is 4.54. The van der Waals surface area contributed by atoms with E-state index in [2.05, 4.69) is 23.8 Å². The molecule has 2 aromatic carbocycles. The number of rotatable bonds is 7. The molecule has 0 saturated carbocycles. The maximum atomic E-state index is 11.7. The quantitative estimate of drug-likeness (QED) is 0.359. The zero-order valence-electron chi connectivity index (χ0n) is 16.3. The molecule has 0 saturated heterocycles. The number of nitrogens with zero attached hydrogens (tertiary/aromatic N) is 1. The molecule has 1 amide bonds. The number of aryl methyl sites for hydroxylation is 2. The molecular formula is C23H27ClN2O. The number of carbonyl (C=O) groups is 1. The molecule has 0 fully saturated rings. The molecule has 0 aliphatic heterocycles. The highest BCUT2D eigenvalue weighted by Crippen LogP contribution is 2.22. The Morgan fingerprint density at radius 2 is 1.85 bits per heavy atom.